The summed E-state index contributed by atoms with van der Waals surface area (Å²) in [6, 6.07) is 8.27. The molecule has 0 saturated heterocycles. The number of aromatic amines is 1. The van der Waals surface area contributed by atoms with Gasteiger partial charge in [-0.2, -0.15) is 0 Å². The van der Waals surface area contributed by atoms with Crippen molar-refractivity contribution in [3.8, 4) is 0 Å². The van der Waals surface area contributed by atoms with Gasteiger partial charge in [0.05, 0.1) is 12.1 Å². The molecule has 0 spiro atoms. The fourth-order valence-electron chi connectivity index (χ4n) is 3.34. The number of fused-ring (bicyclic) bond motifs is 1. The van der Waals surface area contributed by atoms with E-state index in [9.17, 15) is 9.90 Å². The molecule has 0 fully saturated rings. The van der Waals surface area contributed by atoms with E-state index < -0.39 is 6.10 Å². The minimum Gasteiger partial charge on any atom is -0.389 e. The summed E-state index contributed by atoms with van der Waals surface area (Å²) >= 11 is 1.84. The first-order chi connectivity index (χ1) is 11.0. The third kappa shape index (κ3) is 3.03. The first-order valence-corrected chi connectivity index (χ1v) is 8.87. The number of aromatic nitrogens is 1. The van der Waals surface area contributed by atoms with Crippen molar-refractivity contribution in [1.82, 2.24) is 10.3 Å². The minimum absolute atomic E-state index is 0.0398. The number of rotatable bonds is 3. The first kappa shape index (κ1) is 16.1. The molecule has 0 radical (unpaired) electrons. The molecule has 0 bridgehead atoms. The van der Waals surface area contributed by atoms with E-state index in [-0.39, 0.29) is 11.9 Å². The molecule has 0 saturated carbocycles. The highest BCUT2D eigenvalue weighted by molar-refractivity contribution is 7.99. The zero-order valence-corrected chi connectivity index (χ0v) is 14.5. The third-order valence-corrected chi connectivity index (χ3v) is 5.53. The normalized spacial score (nSPS) is 18.3. The number of carbonyl (C=O) groups excluding carboxylic acids is 1. The van der Waals surface area contributed by atoms with Gasteiger partial charge in [0.2, 0.25) is 0 Å². The smallest absolute Gasteiger partial charge is 0.268 e. The van der Waals surface area contributed by atoms with Crippen molar-refractivity contribution in [2.75, 3.05) is 5.75 Å². The zero-order chi connectivity index (χ0) is 16.6. The molecule has 0 aliphatic carbocycles. The third-order valence-electron chi connectivity index (χ3n) is 4.40. The lowest BCUT2D eigenvalue weighted by Crippen LogP contribution is -2.31. The Morgan fingerprint density at radius 2 is 2.13 bits per heavy atom. The van der Waals surface area contributed by atoms with Gasteiger partial charge >= 0.3 is 0 Å². The topological polar surface area (TPSA) is 65.1 Å². The van der Waals surface area contributed by atoms with E-state index in [1.54, 1.807) is 6.92 Å². The largest absolute Gasteiger partial charge is 0.389 e. The monoisotopic (exact) mass is 330 g/mol. The Morgan fingerprint density at radius 1 is 1.39 bits per heavy atom. The van der Waals surface area contributed by atoms with E-state index in [1.807, 2.05) is 37.7 Å². The van der Waals surface area contributed by atoms with E-state index >= 15 is 0 Å². The number of hydrogen-bond donors (Lipinski definition) is 3. The molecular formula is C18H22N2O2S. The number of nitrogens with one attached hydrogen (secondary N) is 2. The second-order valence-corrected chi connectivity index (χ2v) is 7.18. The van der Waals surface area contributed by atoms with Crippen LogP contribution < -0.4 is 5.32 Å². The molecular weight excluding hydrogens is 308 g/mol. The van der Waals surface area contributed by atoms with Gasteiger partial charge in [-0.15, -0.1) is 11.8 Å². The van der Waals surface area contributed by atoms with Crippen molar-refractivity contribution in [2.45, 2.75) is 44.2 Å². The maximum Gasteiger partial charge on any atom is 0.268 e. The molecule has 1 aromatic heterocycles. The van der Waals surface area contributed by atoms with E-state index in [0.717, 1.165) is 29.0 Å². The van der Waals surface area contributed by atoms with Crippen molar-refractivity contribution < 1.29 is 9.90 Å². The SMILES string of the molecule is Cc1[nH]c(C(=O)N[C@H]2CCSc3ccccc32)c(C)c1[C@H](C)O. The molecule has 5 heteroatoms. The summed E-state index contributed by atoms with van der Waals surface area (Å²) in [6.07, 6.45) is 0.342. The van der Waals surface area contributed by atoms with Gasteiger partial charge in [0, 0.05) is 21.9 Å². The summed E-state index contributed by atoms with van der Waals surface area (Å²) in [5, 5.41) is 13.0. The standard InChI is InChI=1S/C18H22N2O2S/c1-10-16(12(3)21)11(2)19-17(10)18(22)20-14-8-9-23-15-7-5-4-6-13(14)15/h4-7,12,14,19,21H,8-9H2,1-3H3,(H,20,22)/t12-,14-/m0/s1. The lowest BCUT2D eigenvalue weighted by molar-refractivity contribution is 0.0929. The fraction of sp³-hybridized carbons (Fsp3) is 0.389. The summed E-state index contributed by atoms with van der Waals surface area (Å²) < 4.78 is 0. The molecule has 1 amide bonds. The maximum absolute atomic E-state index is 12.7. The van der Waals surface area contributed by atoms with Crippen molar-refractivity contribution in [1.29, 1.82) is 0 Å². The van der Waals surface area contributed by atoms with E-state index in [2.05, 4.69) is 22.4 Å². The molecule has 3 rings (SSSR count). The van der Waals surface area contributed by atoms with Crippen molar-refractivity contribution in [2.24, 2.45) is 0 Å². The van der Waals surface area contributed by atoms with Crippen molar-refractivity contribution >= 4 is 17.7 Å². The Morgan fingerprint density at radius 3 is 2.83 bits per heavy atom. The summed E-state index contributed by atoms with van der Waals surface area (Å²) in [7, 11) is 0. The van der Waals surface area contributed by atoms with Crippen LogP contribution >= 0.6 is 11.8 Å². The Balaban J connectivity index is 1.85. The molecule has 1 aliphatic heterocycles. The Labute approximate surface area is 140 Å². The molecule has 2 heterocycles. The lowest BCUT2D eigenvalue weighted by atomic mass is 10.0. The highest BCUT2D eigenvalue weighted by Crippen LogP contribution is 2.36. The maximum atomic E-state index is 12.7. The molecule has 3 N–H and O–H groups in total. The number of benzene rings is 1. The fourth-order valence-corrected chi connectivity index (χ4v) is 4.47. The molecule has 2 atom stereocenters. The average Bonchev–Trinajstić information content (AvgIpc) is 2.82. The number of aliphatic hydroxyl groups is 1. The van der Waals surface area contributed by atoms with Gasteiger partial charge in [0.15, 0.2) is 0 Å². The highest BCUT2D eigenvalue weighted by Gasteiger charge is 2.25. The van der Waals surface area contributed by atoms with E-state index in [0.29, 0.717) is 5.69 Å². The number of hydrogen-bond acceptors (Lipinski definition) is 3. The molecule has 1 aliphatic rings. The predicted molar refractivity (Wildman–Crippen MR) is 92.9 cm³/mol. The van der Waals surface area contributed by atoms with Crippen molar-refractivity contribution in [3.63, 3.8) is 0 Å². The van der Waals surface area contributed by atoms with Crippen LogP contribution in [0, 0.1) is 13.8 Å². The van der Waals surface area contributed by atoms with E-state index in [1.165, 1.54) is 10.5 Å². The van der Waals surface area contributed by atoms with Crippen LogP contribution in [0.15, 0.2) is 29.2 Å². The van der Waals surface area contributed by atoms with Crippen LogP contribution in [0.5, 0.6) is 0 Å². The molecule has 122 valence electrons. The van der Waals surface area contributed by atoms with Crippen LogP contribution in [0.3, 0.4) is 0 Å². The molecule has 1 aromatic carbocycles. The number of aliphatic hydroxyl groups excluding tert-OH is 1. The lowest BCUT2D eigenvalue weighted by Gasteiger charge is -2.25. The van der Waals surface area contributed by atoms with Gasteiger partial charge in [0.1, 0.15) is 5.69 Å². The Bertz CT molecular complexity index is 737. The van der Waals surface area contributed by atoms with Gasteiger partial charge in [-0.1, -0.05) is 18.2 Å². The number of amides is 1. The highest BCUT2D eigenvalue weighted by atomic mass is 32.2. The first-order valence-electron chi connectivity index (χ1n) is 7.88. The van der Waals surface area contributed by atoms with Crippen LogP contribution in [0.25, 0.3) is 0 Å². The Kier molecular flexibility index (Phi) is 4.50. The average molecular weight is 330 g/mol. The van der Waals surface area contributed by atoms with Gasteiger partial charge < -0.3 is 15.4 Å². The number of thioether (sulfide) groups is 1. The number of carbonyl (C=O) groups is 1. The van der Waals surface area contributed by atoms with Crippen LogP contribution in [0.2, 0.25) is 0 Å². The predicted octanol–water partition coefficient (Wildman–Crippen LogP) is 3.65. The van der Waals surface area contributed by atoms with Crippen LogP contribution in [0.4, 0.5) is 0 Å². The summed E-state index contributed by atoms with van der Waals surface area (Å²) in [4.78, 5) is 17.1. The minimum atomic E-state index is -0.584. The second kappa shape index (κ2) is 6.42. The second-order valence-electron chi connectivity index (χ2n) is 6.04. The zero-order valence-electron chi connectivity index (χ0n) is 13.6. The summed E-state index contributed by atoms with van der Waals surface area (Å²) in [5.74, 6) is 0.896. The summed E-state index contributed by atoms with van der Waals surface area (Å²) in [6.45, 7) is 5.49. The number of H-pyrrole nitrogens is 1. The molecule has 2 aromatic rings. The van der Waals surface area contributed by atoms with Crippen LogP contribution in [-0.4, -0.2) is 21.8 Å². The van der Waals surface area contributed by atoms with E-state index in [4.69, 9.17) is 0 Å². The molecule has 23 heavy (non-hydrogen) atoms. The number of aryl methyl sites for hydroxylation is 1. The van der Waals surface area contributed by atoms with Gasteiger partial charge in [-0.3, -0.25) is 4.79 Å². The van der Waals surface area contributed by atoms with Crippen molar-refractivity contribution in [3.05, 3.63) is 52.3 Å². The Hall–Kier alpha value is -1.72. The van der Waals surface area contributed by atoms with Gasteiger partial charge in [-0.25, -0.2) is 0 Å². The molecule has 4 nitrogen and oxygen atoms in total. The van der Waals surface area contributed by atoms with Crippen LogP contribution in [0.1, 0.15) is 58.4 Å². The van der Waals surface area contributed by atoms with Crippen LogP contribution in [-0.2, 0) is 0 Å². The molecule has 0 unspecified atom stereocenters. The van der Waals surface area contributed by atoms with Gasteiger partial charge in [-0.05, 0) is 44.4 Å². The van der Waals surface area contributed by atoms with Gasteiger partial charge in [0.25, 0.3) is 5.91 Å². The summed E-state index contributed by atoms with van der Waals surface area (Å²) in [5.41, 5.74) is 4.23. The quantitative estimate of drug-likeness (QED) is 0.805.